The number of hydrogen-bond acceptors (Lipinski definition) is 6. The van der Waals surface area contributed by atoms with Gasteiger partial charge < -0.3 is 25.4 Å². The summed E-state index contributed by atoms with van der Waals surface area (Å²) in [7, 11) is 2.98. The molecule has 0 amide bonds. The maximum atomic E-state index is 9.73. The molecule has 0 aromatic heterocycles. The molecule has 0 aliphatic carbocycles. The third-order valence-electron chi connectivity index (χ3n) is 4.11. The molecule has 0 atom stereocenters. The van der Waals surface area contributed by atoms with E-state index in [1.54, 1.807) is 42.5 Å². The molecule has 2 aromatic carbocycles. The number of ether oxygens (including phenoxy) is 2. The number of nitrogens with one attached hydrogen (secondary N) is 1. The third kappa shape index (κ3) is 7.52. The molecule has 0 saturated carbocycles. The van der Waals surface area contributed by atoms with Gasteiger partial charge in [-0.15, -0.1) is 0 Å². The van der Waals surface area contributed by atoms with Crippen LogP contribution in [-0.2, 0) is 0 Å². The average Bonchev–Trinajstić information content (AvgIpc) is 2.75. The molecule has 0 radical (unpaired) electrons. The lowest BCUT2D eigenvalue weighted by atomic mass is 10.1. The summed E-state index contributed by atoms with van der Waals surface area (Å²) in [5, 5.41) is 23.7. The number of aromatic hydroxyl groups is 2. The number of methoxy groups -OCH3 is 2. The van der Waals surface area contributed by atoms with Crippen molar-refractivity contribution in [3.63, 3.8) is 0 Å². The van der Waals surface area contributed by atoms with Gasteiger partial charge >= 0.3 is 0 Å². The molecule has 0 aliphatic rings. The molecule has 162 valence electrons. The Balaban J connectivity index is 2.15. The van der Waals surface area contributed by atoms with Crippen LogP contribution in [0.4, 0.5) is 0 Å². The van der Waals surface area contributed by atoms with Crippen LogP contribution >= 0.6 is 12.2 Å². The molecule has 0 aliphatic heterocycles. The Labute approximate surface area is 186 Å². The smallest absolute Gasteiger partial charge is 0.184 e. The van der Waals surface area contributed by atoms with Gasteiger partial charge in [0.15, 0.2) is 28.1 Å². The van der Waals surface area contributed by atoms with Crippen molar-refractivity contribution in [1.82, 2.24) is 5.43 Å². The fourth-order valence-electron chi connectivity index (χ4n) is 2.56. The Kier molecular flexibility index (Phi) is 8.65. The van der Waals surface area contributed by atoms with Crippen molar-refractivity contribution in [2.75, 3.05) is 14.2 Å². The lowest BCUT2D eigenvalue weighted by molar-refractivity contribution is 0.373. The second-order valence-corrected chi connectivity index (χ2v) is 6.88. The van der Waals surface area contributed by atoms with E-state index in [0.29, 0.717) is 23.6 Å². The Bertz CT molecular complexity index is 1050. The van der Waals surface area contributed by atoms with Crippen LogP contribution in [0, 0.1) is 0 Å². The van der Waals surface area contributed by atoms with Gasteiger partial charge in [0.1, 0.15) is 0 Å². The van der Waals surface area contributed by atoms with E-state index in [1.807, 2.05) is 18.2 Å². The normalized spacial score (nSPS) is 11.6. The first kappa shape index (κ1) is 23.5. The summed E-state index contributed by atoms with van der Waals surface area (Å²) < 4.78 is 10.2. The third-order valence-corrected chi connectivity index (χ3v) is 4.20. The minimum atomic E-state index is 0.0505. The van der Waals surface area contributed by atoms with Crippen LogP contribution in [0.5, 0.6) is 23.0 Å². The van der Waals surface area contributed by atoms with Crippen molar-refractivity contribution in [1.29, 1.82) is 0 Å². The second-order valence-electron chi connectivity index (χ2n) is 6.44. The number of phenolic OH excluding ortho intramolecular Hbond substituents is 2. The minimum Gasteiger partial charge on any atom is -0.504 e. The number of thiocarbonyl (C=S) groups is 1. The summed E-state index contributed by atoms with van der Waals surface area (Å²) in [6.07, 6.45) is 7.74. The van der Waals surface area contributed by atoms with Crippen LogP contribution in [0.3, 0.4) is 0 Å². The minimum absolute atomic E-state index is 0.0505. The highest BCUT2D eigenvalue weighted by molar-refractivity contribution is 7.80. The van der Waals surface area contributed by atoms with Gasteiger partial charge in [-0.3, -0.25) is 5.43 Å². The number of nitrogens with two attached hydrogens (primary N) is 1. The summed E-state index contributed by atoms with van der Waals surface area (Å²) in [5.41, 5.74) is 11.2. The molecule has 8 heteroatoms. The Hall–Kier alpha value is -3.78. The van der Waals surface area contributed by atoms with Gasteiger partial charge in [0.05, 0.1) is 19.9 Å². The van der Waals surface area contributed by atoms with Crippen LogP contribution in [0.1, 0.15) is 17.5 Å². The van der Waals surface area contributed by atoms with E-state index in [1.165, 1.54) is 14.2 Å². The topological polar surface area (TPSA) is 109 Å². The number of nitrogens with zero attached hydrogens (tertiary/aromatic N) is 1. The molecular weight excluding hydrogens is 414 g/mol. The summed E-state index contributed by atoms with van der Waals surface area (Å²) >= 11 is 4.82. The largest absolute Gasteiger partial charge is 0.504 e. The van der Waals surface area contributed by atoms with Crippen molar-refractivity contribution in [3.8, 4) is 23.0 Å². The van der Waals surface area contributed by atoms with Gasteiger partial charge in [-0.25, -0.2) is 0 Å². The summed E-state index contributed by atoms with van der Waals surface area (Å²) in [4.78, 5) is 0. The zero-order valence-electron chi connectivity index (χ0n) is 17.3. The monoisotopic (exact) mass is 439 g/mol. The van der Waals surface area contributed by atoms with Gasteiger partial charge in [-0.05, 0) is 59.3 Å². The number of phenols is 2. The van der Waals surface area contributed by atoms with E-state index in [0.717, 1.165) is 16.7 Å². The summed E-state index contributed by atoms with van der Waals surface area (Å²) in [6.45, 7) is 4.06. The Morgan fingerprint density at radius 2 is 1.55 bits per heavy atom. The van der Waals surface area contributed by atoms with Crippen LogP contribution in [0.15, 0.2) is 65.8 Å². The highest BCUT2D eigenvalue weighted by Crippen LogP contribution is 2.28. The first-order valence-corrected chi connectivity index (χ1v) is 9.63. The first-order valence-electron chi connectivity index (χ1n) is 9.22. The standard InChI is InChI=1S/C23H25N3O4S/c1-15(4-5-16-7-10-19(27)21(13-16)29-2)12-18(25-26-23(24)31)9-6-17-8-11-20(28)22(14-17)30-3/h4-11,13-14,27-28H,1,12H2,2-3H3,(H3,24,26,31)/b5-4+,9-6+,25-18+. The van der Waals surface area contributed by atoms with E-state index in [4.69, 9.17) is 27.4 Å². The van der Waals surface area contributed by atoms with E-state index in [-0.39, 0.29) is 16.6 Å². The van der Waals surface area contributed by atoms with Crippen molar-refractivity contribution in [3.05, 3.63) is 71.8 Å². The predicted molar refractivity (Wildman–Crippen MR) is 128 cm³/mol. The molecular formula is C23H25N3O4S. The van der Waals surface area contributed by atoms with E-state index < -0.39 is 0 Å². The number of hydrazone groups is 1. The fraction of sp³-hybridized carbons (Fsp3) is 0.130. The van der Waals surface area contributed by atoms with Crippen molar-refractivity contribution < 1.29 is 19.7 Å². The van der Waals surface area contributed by atoms with Crippen LogP contribution < -0.4 is 20.6 Å². The highest BCUT2D eigenvalue weighted by atomic mass is 32.1. The molecule has 0 unspecified atom stereocenters. The second kappa shape index (κ2) is 11.4. The molecule has 0 bridgehead atoms. The summed E-state index contributed by atoms with van der Waals surface area (Å²) in [6, 6.07) is 10.1. The maximum Gasteiger partial charge on any atom is 0.184 e. The molecule has 7 nitrogen and oxygen atoms in total. The number of allylic oxidation sites excluding steroid dienone is 3. The number of rotatable bonds is 9. The number of benzene rings is 2. The Morgan fingerprint density at radius 1 is 1.03 bits per heavy atom. The number of hydrogen-bond donors (Lipinski definition) is 4. The zero-order chi connectivity index (χ0) is 22.8. The van der Waals surface area contributed by atoms with Gasteiger partial charge in [-0.1, -0.05) is 36.9 Å². The Morgan fingerprint density at radius 3 is 2.03 bits per heavy atom. The van der Waals surface area contributed by atoms with E-state index in [9.17, 15) is 10.2 Å². The molecule has 2 rings (SSSR count). The fourth-order valence-corrected chi connectivity index (χ4v) is 2.60. The predicted octanol–water partition coefficient (Wildman–Crippen LogP) is 3.98. The lowest BCUT2D eigenvalue weighted by Crippen LogP contribution is -2.25. The van der Waals surface area contributed by atoms with E-state index in [2.05, 4.69) is 17.1 Å². The molecule has 2 aromatic rings. The quantitative estimate of drug-likeness (QED) is 0.202. The van der Waals surface area contributed by atoms with Crippen molar-refractivity contribution in [2.45, 2.75) is 6.42 Å². The maximum absolute atomic E-state index is 9.73. The molecule has 0 fully saturated rings. The van der Waals surface area contributed by atoms with E-state index >= 15 is 0 Å². The average molecular weight is 440 g/mol. The SMILES string of the molecule is C=C(/C=C/c1ccc(O)c(OC)c1)CC(/C=C/c1ccc(O)c(OC)c1)=N/NC(N)=S. The molecule has 5 N–H and O–H groups in total. The van der Waals surface area contributed by atoms with Gasteiger partial charge in [-0.2, -0.15) is 5.10 Å². The molecule has 0 saturated heterocycles. The van der Waals surface area contributed by atoms with Crippen molar-refractivity contribution in [2.24, 2.45) is 10.8 Å². The highest BCUT2D eigenvalue weighted by Gasteiger charge is 2.03. The van der Waals surface area contributed by atoms with Gasteiger partial charge in [0.2, 0.25) is 0 Å². The first-order chi connectivity index (χ1) is 14.8. The molecule has 0 heterocycles. The van der Waals surface area contributed by atoms with Gasteiger partial charge in [0.25, 0.3) is 0 Å². The lowest BCUT2D eigenvalue weighted by Gasteiger charge is -2.06. The van der Waals surface area contributed by atoms with Crippen molar-refractivity contribution >= 4 is 35.2 Å². The van der Waals surface area contributed by atoms with Crippen LogP contribution in [-0.4, -0.2) is 35.3 Å². The zero-order valence-corrected chi connectivity index (χ0v) is 18.1. The summed E-state index contributed by atoms with van der Waals surface area (Å²) in [5.74, 6) is 0.905. The van der Waals surface area contributed by atoms with Crippen LogP contribution in [0.2, 0.25) is 0 Å². The molecule has 31 heavy (non-hydrogen) atoms. The van der Waals surface area contributed by atoms with Crippen LogP contribution in [0.25, 0.3) is 12.2 Å². The van der Waals surface area contributed by atoms with Gasteiger partial charge in [0, 0.05) is 6.42 Å². The molecule has 0 spiro atoms.